The minimum absolute atomic E-state index is 0.0158. The molecule has 0 spiro atoms. The lowest BCUT2D eigenvalue weighted by Crippen LogP contribution is -2.51. The number of piperazine rings is 1. The van der Waals surface area contributed by atoms with E-state index < -0.39 is 6.10 Å². The Kier molecular flexibility index (Phi) is 5.67. The third kappa shape index (κ3) is 4.59. The summed E-state index contributed by atoms with van der Waals surface area (Å²) in [6.07, 6.45) is 1.04. The van der Waals surface area contributed by atoms with Gasteiger partial charge in [0, 0.05) is 31.9 Å². The number of oxime groups is 1. The number of hydrogen-bond donors (Lipinski definition) is 0. The molecule has 0 aromatic heterocycles. The summed E-state index contributed by atoms with van der Waals surface area (Å²) < 4.78 is 0. The number of hydrogen-bond acceptors (Lipinski definition) is 4. The van der Waals surface area contributed by atoms with Gasteiger partial charge in [-0.2, -0.15) is 0 Å². The van der Waals surface area contributed by atoms with Crippen LogP contribution in [0.3, 0.4) is 0 Å². The van der Waals surface area contributed by atoms with Gasteiger partial charge in [-0.25, -0.2) is 0 Å². The number of anilines is 1. The standard InChI is InChI=1S/C20H23N3O2/c1-17(25-21-16-18-8-4-2-5-9-18)20(24)23-14-12-22(13-15-23)19-10-6-3-7-11-19/h2-11,16-17H,12-15H2,1H3/b21-16+. The fourth-order valence-electron chi connectivity index (χ4n) is 2.85. The molecule has 1 unspecified atom stereocenters. The lowest BCUT2D eigenvalue weighted by atomic mass is 10.2. The van der Waals surface area contributed by atoms with E-state index in [0.717, 1.165) is 18.7 Å². The van der Waals surface area contributed by atoms with Crippen molar-refractivity contribution in [1.29, 1.82) is 0 Å². The fourth-order valence-corrected chi connectivity index (χ4v) is 2.85. The molecular weight excluding hydrogens is 314 g/mol. The molecule has 1 aliphatic heterocycles. The predicted molar refractivity (Wildman–Crippen MR) is 99.8 cm³/mol. The van der Waals surface area contributed by atoms with Crippen molar-refractivity contribution in [3.8, 4) is 0 Å². The molecule has 0 N–H and O–H groups in total. The van der Waals surface area contributed by atoms with E-state index in [4.69, 9.17) is 4.84 Å². The number of para-hydroxylation sites is 1. The fraction of sp³-hybridized carbons (Fsp3) is 0.300. The van der Waals surface area contributed by atoms with Crippen molar-refractivity contribution in [2.75, 3.05) is 31.1 Å². The van der Waals surface area contributed by atoms with Crippen LogP contribution < -0.4 is 4.90 Å². The summed E-state index contributed by atoms with van der Waals surface area (Å²) in [5.74, 6) is -0.0158. The normalized spacial score (nSPS) is 16.0. The van der Waals surface area contributed by atoms with Crippen LogP contribution in [0, 0.1) is 0 Å². The van der Waals surface area contributed by atoms with Crippen LogP contribution in [0.4, 0.5) is 5.69 Å². The summed E-state index contributed by atoms with van der Waals surface area (Å²) >= 11 is 0. The van der Waals surface area contributed by atoms with E-state index in [2.05, 4.69) is 22.2 Å². The van der Waals surface area contributed by atoms with E-state index in [1.54, 1.807) is 13.1 Å². The molecule has 0 saturated carbocycles. The summed E-state index contributed by atoms with van der Waals surface area (Å²) in [7, 11) is 0. The Morgan fingerprint density at radius 3 is 2.24 bits per heavy atom. The third-order valence-corrected chi connectivity index (χ3v) is 4.28. The van der Waals surface area contributed by atoms with Crippen LogP contribution in [0.1, 0.15) is 12.5 Å². The zero-order valence-electron chi connectivity index (χ0n) is 14.4. The topological polar surface area (TPSA) is 45.1 Å². The quantitative estimate of drug-likeness (QED) is 0.622. The molecular formula is C20H23N3O2. The Morgan fingerprint density at radius 1 is 1.00 bits per heavy atom. The second-order valence-electron chi connectivity index (χ2n) is 6.04. The average Bonchev–Trinajstić information content (AvgIpc) is 2.69. The second-order valence-corrected chi connectivity index (χ2v) is 6.04. The Labute approximate surface area is 148 Å². The van der Waals surface area contributed by atoms with Crippen LogP contribution in [-0.2, 0) is 9.63 Å². The van der Waals surface area contributed by atoms with E-state index in [-0.39, 0.29) is 5.91 Å². The van der Waals surface area contributed by atoms with E-state index >= 15 is 0 Å². The second kappa shape index (κ2) is 8.33. The van der Waals surface area contributed by atoms with Gasteiger partial charge >= 0.3 is 0 Å². The molecule has 1 atom stereocenters. The number of benzene rings is 2. The molecule has 1 amide bonds. The molecule has 3 rings (SSSR count). The van der Waals surface area contributed by atoms with Gasteiger partial charge in [0.25, 0.3) is 5.91 Å². The van der Waals surface area contributed by atoms with Crippen molar-refractivity contribution in [2.24, 2.45) is 5.16 Å². The van der Waals surface area contributed by atoms with Crippen LogP contribution in [0.2, 0.25) is 0 Å². The molecule has 0 radical (unpaired) electrons. The third-order valence-electron chi connectivity index (χ3n) is 4.28. The Balaban J connectivity index is 1.48. The molecule has 1 saturated heterocycles. The Morgan fingerprint density at radius 2 is 1.60 bits per heavy atom. The molecule has 0 aliphatic carbocycles. The number of nitrogens with zero attached hydrogens (tertiary/aromatic N) is 3. The lowest BCUT2D eigenvalue weighted by molar-refractivity contribution is -0.142. The first-order valence-electron chi connectivity index (χ1n) is 8.57. The molecule has 25 heavy (non-hydrogen) atoms. The maximum atomic E-state index is 12.5. The molecule has 1 heterocycles. The first-order valence-corrected chi connectivity index (χ1v) is 8.57. The zero-order valence-corrected chi connectivity index (χ0v) is 14.4. The van der Waals surface area contributed by atoms with Gasteiger partial charge in [0.05, 0.1) is 6.21 Å². The summed E-state index contributed by atoms with van der Waals surface area (Å²) in [6, 6.07) is 20.0. The SMILES string of the molecule is CC(O/N=C/c1ccccc1)C(=O)N1CCN(c2ccccc2)CC1. The molecule has 130 valence electrons. The number of carbonyl (C=O) groups is 1. The van der Waals surface area contributed by atoms with Crippen molar-refractivity contribution in [1.82, 2.24) is 4.90 Å². The molecule has 2 aromatic rings. The monoisotopic (exact) mass is 337 g/mol. The van der Waals surface area contributed by atoms with Gasteiger partial charge in [-0.15, -0.1) is 0 Å². The summed E-state index contributed by atoms with van der Waals surface area (Å²) in [4.78, 5) is 22.0. The minimum atomic E-state index is -0.580. The highest BCUT2D eigenvalue weighted by Gasteiger charge is 2.26. The van der Waals surface area contributed by atoms with E-state index in [1.165, 1.54) is 5.69 Å². The zero-order chi connectivity index (χ0) is 17.5. The first kappa shape index (κ1) is 17.0. The highest BCUT2D eigenvalue weighted by atomic mass is 16.6. The highest BCUT2D eigenvalue weighted by molar-refractivity contribution is 5.81. The number of amides is 1. The van der Waals surface area contributed by atoms with Crippen molar-refractivity contribution >= 4 is 17.8 Å². The van der Waals surface area contributed by atoms with E-state index in [0.29, 0.717) is 13.1 Å². The van der Waals surface area contributed by atoms with Crippen LogP contribution in [-0.4, -0.2) is 49.3 Å². The van der Waals surface area contributed by atoms with E-state index in [1.807, 2.05) is 53.4 Å². The van der Waals surface area contributed by atoms with Crippen LogP contribution >= 0.6 is 0 Å². The first-order chi connectivity index (χ1) is 12.2. The van der Waals surface area contributed by atoms with Gasteiger partial charge < -0.3 is 14.6 Å². The minimum Gasteiger partial charge on any atom is -0.383 e. The summed E-state index contributed by atoms with van der Waals surface area (Å²) in [5.41, 5.74) is 2.14. The summed E-state index contributed by atoms with van der Waals surface area (Å²) in [6.45, 7) is 4.80. The van der Waals surface area contributed by atoms with Gasteiger partial charge in [0.1, 0.15) is 0 Å². The van der Waals surface area contributed by atoms with Crippen molar-refractivity contribution in [3.63, 3.8) is 0 Å². The summed E-state index contributed by atoms with van der Waals surface area (Å²) in [5, 5.41) is 3.94. The number of rotatable bonds is 5. The molecule has 0 bridgehead atoms. The van der Waals surface area contributed by atoms with Gasteiger partial charge in [-0.05, 0) is 24.6 Å². The van der Waals surface area contributed by atoms with Gasteiger partial charge in [-0.3, -0.25) is 4.79 Å². The van der Waals surface area contributed by atoms with Crippen molar-refractivity contribution < 1.29 is 9.63 Å². The van der Waals surface area contributed by atoms with Crippen molar-refractivity contribution in [2.45, 2.75) is 13.0 Å². The maximum absolute atomic E-state index is 12.5. The van der Waals surface area contributed by atoms with Gasteiger partial charge in [0.15, 0.2) is 0 Å². The Hall–Kier alpha value is -2.82. The van der Waals surface area contributed by atoms with Gasteiger partial charge in [-0.1, -0.05) is 53.7 Å². The van der Waals surface area contributed by atoms with Gasteiger partial charge in [0.2, 0.25) is 6.10 Å². The average molecular weight is 337 g/mol. The Bertz CT molecular complexity index is 695. The highest BCUT2D eigenvalue weighted by Crippen LogP contribution is 2.16. The lowest BCUT2D eigenvalue weighted by Gasteiger charge is -2.36. The predicted octanol–water partition coefficient (Wildman–Crippen LogP) is 2.77. The number of carbonyl (C=O) groups excluding carboxylic acids is 1. The molecule has 5 nitrogen and oxygen atoms in total. The molecule has 1 aliphatic rings. The smallest absolute Gasteiger partial charge is 0.266 e. The molecule has 2 aromatic carbocycles. The molecule has 1 fully saturated rings. The largest absolute Gasteiger partial charge is 0.383 e. The van der Waals surface area contributed by atoms with Crippen LogP contribution in [0.15, 0.2) is 65.8 Å². The van der Waals surface area contributed by atoms with Crippen LogP contribution in [0.25, 0.3) is 0 Å². The van der Waals surface area contributed by atoms with E-state index in [9.17, 15) is 4.79 Å². The van der Waals surface area contributed by atoms with Crippen molar-refractivity contribution in [3.05, 3.63) is 66.2 Å². The maximum Gasteiger partial charge on any atom is 0.266 e. The molecule has 5 heteroatoms. The van der Waals surface area contributed by atoms with Crippen LogP contribution in [0.5, 0.6) is 0 Å².